The Morgan fingerprint density at radius 1 is 0.938 bits per heavy atom. The van der Waals surface area contributed by atoms with Crippen LogP contribution in [0.15, 0.2) is 71.7 Å². The minimum Gasteiger partial charge on any atom is -0.311 e. The monoisotopic (exact) mass is 426 g/mol. The highest BCUT2D eigenvalue weighted by Gasteiger charge is 2.14. The van der Waals surface area contributed by atoms with Crippen LogP contribution >= 0.6 is 0 Å². The number of nitrogens with zero attached hydrogens (tertiary/aromatic N) is 2. The molecule has 4 rings (SSSR count). The molecule has 0 fully saturated rings. The SMILES string of the molecule is Cc1cc2c(cn1)cc(-c1cc(NC(=O)NC(=O)c3ccccc3)ccc1C)c(=O)n2C. The van der Waals surface area contributed by atoms with Crippen LogP contribution in [0.1, 0.15) is 21.6 Å². The first kappa shape index (κ1) is 21.0. The molecule has 2 N–H and O–H groups in total. The molecular formula is C25H22N4O3. The number of urea groups is 1. The summed E-state index contributed by atoms with van der Waals surface area (Å²) in [6.45, 7) is 3.78. The molecule has 7 nitrogen and oxygen atoms in total. The van der Waals surface area contributed by atoms with Crippen molar-refractivity contribution in [3.05, 3.63) is 94.0 Å². The number of nitrogens with one attached hydrogen (secondary N) is 2. The molecule has 3 amide bonds. The third-order valence-corrected chi connectivity index (χ3v) is 5.29. The van der Waals surface area contributed by atoms with Gasteiger partial charge in [0.15, 0.2) is 0 Å². The second-order valence-corrected chi connectivity index (χ2v) is 7.61. The summed E-state index contributed by atoms with van der Waals surface area (Å²) in [5.74, 6) is -0.498. The van der Waals surface area contributed by atoms with Crippen LogP contribution in [-0.2, 0) is 7.05 Å². The summed E-state index contributed by atoms with van der Waals surface area (Å²) in [4.78, 5) is 41.9. The van der Waals surface area contributed by atoms with Crippen LogP contribution in [0.3, 0.4) is 0 Å². The summed E-state index contributed by atoms with van der Waals surface area (Å²) in [6.07, 6.45) is 1.74. The van der Waals surface area contributed by atoms with Crippen LogP contribution in [-0.4, -0.2) is 21.5 Å². The third-order valence-electron chi connectivity index (χ3n) is 5.29. The van der Waals surface area contributed by atoms with Crippen LogP contribution in [0.4, 0.5) is 10.5 Å². The zero-order valence-corrected chi connectivity index (χ0v) is 18.0. The lowest BCUT2D eigenvalue weighted by molar-refractivity contribution is 0.0967. The summed E-state index contributed by atoms with van der Waals surface area (Å²) in [6, 6.07) is 16.8. The van der Waals surface area contributed by atoms with Crippen LogP contribution in [0.2, 0.25) is 0 Å². The summed E-state index contributed by atoms with van der Waals surface area (Å²) in [7, 11) is 1.73. The third kappa shape index (κ3) is 4.13. The predicted molar refractivity (Wildman–Crippen MR) is 125 cm³/mol. The molecule has 7 heteroatoms. The van der Waals surface area contributed by atoms with Gasteiger partial charge in [-0.25, -0.2) is 4.79 Å². The van der Waals surface area contributed by atoms with Crippen molar-refractivity contribution < 1.29 is 9.59 Å². The average molecular weight is 426 g/mol. The molecule has 4 aromatic rings. The van der Waals surface area contributed by atoms with E-state index >= 15 is 0 Å². The summed E-state index contributed by atoms with van der Waals surface area (Å²) in [5.41, 5.74) is 4.42. The molecule has 2 heterocycles. The van der Waals surface area contributed by atoms with Crippen molar-refractivity contribution in [2.75, 3.05) is 5.32 Å². The fourth-order valence-electron chi connectivity index (χ4n) is 3.57. The Bertz CT molecular complexity index is 1410. The number of fused-ring (bicyclic) bond motifs is 1. The Morgan fingerprint density at radius 3 is 2.44 bits per heavy atom. The lowest BCUT2D eigenvalue weighted by Crippen LogP contribution is -2.34. The summed E-state index contributed by atoms with van der Waals surface area (Å²) < 4.78 is 1.60. The van der Waals surface area contributed by atoms with Crippen molar-refractivity contribution in [1.82, 2.24) is 14.9 Å². The molecule has 0 bridgehead atoms. The maximum absolute atomic E-state index is 13.1. The largest absolute Gasteiger partial charge is 0.326 e. The highest BCUT2D eigenvalue weighted by Crippen LogP contribution is 2.26. The van der Waals surface area contributed by atoms with E-state index in [0.717, 1.165) is 22.2 Å². The lowest BCUT2D eigenvalue weighted by atomic mass is 9.99. The number of rotatable bonds is 3. The topological polar surface area (TPSA) is 93.1 Å². The minimum absolute atomic E-state index is 0.146. The van der Waals surface area contributed by atoms with Crippen molar-refractivity contribution in [3.63, 3.8) is 0 Å². The van der Waals surface area contributed by atoms with Crippen LogP contribution in [0.5, 0.6) is 0 Å². The summed E-state index contributed by atoms with van der Waals surface area (Å²) in [5, 5.41) is 5.82. The molecule has 160 valence electrons. The molecule has 0 spiro atoms. The Balaban J connectivity index is 1.64. The van der Waals surface area contributed by atoms with E-state index in [1.807, 2.05) is 32.0 Å². The van der Waals surface area contributed by atoms with Gasteiger partial charge in [0.05, 0.1) is 5.52 Å². The molecule has 32 heavy (non-hydrogen) atoms. The van der Waals surface area contributed by atoms with Gasteiger partial charge in [0.2, 0.25) is 0 Å². The van der Waals surface area contributed by atoms with Crippen molar-refractivity contribution in [2.24, 2.45) is 7.05 Å². The number of carbonyl (C=O) groups is 2. The predicted octanol–water partition coefficient (Wildman–Crippen LogP) is 4.18. The number of imide groups is 1. The van der Waals surface area contributed by atoms with Crippen molar-refractivity contribution in [2.45, 2.75) is 13.8 Å². The van der Waals surface area contributed by atoms with Gasteiger partial charge in [0.25, 0.3) is 11.5 Å². The first-order chi connectivity index (χ1) is 15.3. The van der Waals surface area contributed by atoms with Gasteiger partial charge < -0.3 is 9.88 Å². The van der Waals surface area contributed by atoms with Crippen molar-refractivity contribution in [1.29, 1.82) is 0 Å². The number of hydrogen-bond acceptors (Lipinski definition) is 4. The van der Waals surface area contributed by atoms with Gasteiger partial charge in [0, 0.05) is 41.1 Å². The molecule has 0 radical (unpaired) electrons. The van der Waals surface area contributed by atoms with Gasteiger partial charge in [-0.05, 0) is 61.4 Å². The lowest BCUT2D eigenvalue weighted by Gasteiger charge is -2.13. The van der Waals surface area contributed by atoms with E-state index in [2.05, 4.69) is 15.6 Å². The molecule has 2 aromatic carbocycles. The van der Waals surface area contributed by atoms with E-state index in [9.17, 15) is 14.4 Å². The van der Waals surface area contributed by atoms with Crippen molar-refractivity contribution >= 4 is 28.5 Å². The Hall–Kier alpha value is -4.26. The Labute approximate surface area is 184 Å². The standard InChI is InChI=1S/C25H22N4O3/c1-15-9-10-19(27-25(32)28-23(30)17-7-5-4-6-8-17)13-20(15)21-12-18-14-26-16(2)11-22(18)29(3)24(21)31/h4-14H,1-3H3,(H2,27,28,30,32). The molecule has 2 aromatic heterocycles. The van der Waals surface area contributed by atoms with Gasteiger partial charge in [-0.2, -0.15) is 0 Å². The van der Waals surface area contributed by atoms with E-state index in [-0.39, 0.29) is 5.56 Å². The fourth-order valence-corrected chi connectivity index (χ4v) is 3.57. The molecule has 0 saturated heterocycles. The number of aromatic nitrogens is 2. The van der Waals surface area contributed by atoms with Gasteiger partial charge in [0.1, 0.15) is 0 Å². The molecule has 0 aliphatic carbocycles. The number of anilines is 1. The second-order valence-electron chi connectivity index (χ2n) is 7.61. The minimum atomic E-state index is -0.653. The van der Waals surface area contributed by atoms with Crippen molar-refractivity contribution in [3.8, 4) is 11.1 Å². The van der Waals surface area contributed by atoms with Gasteiger partial charge >= 0.3 is 6.03 Å². The second kappa shape index (κ2) is 8.47. The quantitative estimate of drug-likeness (QED) is 0.514. The fraction of sp³-hybridized carbons (Fsp3) is 0.120. The number of carbonyl (C=O) groups excluding carboxylic acids is 2. The Morgan fingerprint density at radius 2 is 1.69 bits per heavy atom. The first-order valence-corrected chi connectivity index (χ1v) is 10.1. The number of benzene rings is 2. The number of hydrogen-bond donors (Lipinski definition) is 2. The zero-order valence-electron chi connectivity index (χ0n) is 18.0. The molecule has 0 saturated carbocycles. The molecule has 0 aliphatic rings. The zero-order chi connectivity index (χ0) is 22.8. The van der Waals surface area contributed by atoms with Gasteiger partial charge in [-0.3, -0.25) is 19.9 Å². The van der Waals surface area contributed by atoms with E-state index < -0.39 is 11.9 Å². The molecule has 0 aliphatic heterocycles. The average Bonchev–Trinajstić information content (AvgIpc) is 2.78. The smallest absolute Gasteiger partial charge is 0.311 e. The van der Waals surface area contributed by atoms with Gasteiger partial charge in [-0.1, -0.05) is 24.3 Å². The van der Waals surface area contributed by atoms with Crippen LogP contribution in [0.25, 0.3) is 22.0 Å². The normalized spacial score (nSPS) is 10.7. The van der Waals surface area contributed by atoms with E-state index in [1.165, 1.54) is 0 Å². The van der Waals surface area contributed by atoms with E-state index in [0.29, 0.717) is 22.4 Å². The highest BCUT2D eigenvalue weighted by molar-refractivity contribution is 6.08. The summed E-state index contributed by atoms with van der Waals surface area (Å²) >= 11 is 0. The molecule has 0 unspecified atom stereocenters. The highest BCUT2D eigenvalue weighted by atomic mass is 16.2. The molecular weight excluding hydrogens is 404 g/mol. The van der Waals surface area contributed by atoms with E-state index in [1.54, 1.807) is 60.3 Å². The van der Waals surface area contributed by atoms with E-state index in [4.69, 9.17) is 0 Å². The Kier molecular flexibility index (Phi) is 5.55. The first-order valence-electron chi connectivity index (χ1n) is 10.1. The maximum atomic E-state index is 13.1. The number of amides is 3. The number of aryl methyl sites for hydroxylation is 3. The van der Waals surface area contributed by atoms with Crippen LogP contribution in [0, 0.1) is 13.8 Å². The number of pyridine rings is 2. The van der Waals surface area contributed by atoms with Gasteiger partial charge in [-0.15, -0.1) is 0 Å². The van der Waals surface area contributed by atoms with Crippen LogP contribution < -0.4 is 16.2 Å². The molecule has 0 atom stereocenters. The maximum Gasteiger partial charge on any atom is 0.326 e.